The smallest absolute Gasteiger partial charge is 0.251 e. The topological polar surface area (TPSA) is 73.9 Å². The molecule has 1 aliphatic heterocycles. The van der Waals surface area contributed by atoms with E-state index in [4.69, 9.17) is 0 Å². The maximum absolute atomic E-state index is 12.4. The Bertz CT molecular complexity index is 805. The highest BCUT2D eigenvalue weighted by Crippen LogP contribution is 2.22. The first kappa shape index (κ1) is 14.2. The van der Waals surface area contributed by atoms with Crippen LogP contribution in [0.3, 0.4) is 0 Å². The molecule has 3 heterocycles. The molecule has 0 atom stereocenters. The molecule has 0 spiro atoms. The average Bonchev–Trinajstić information content (AvgIpc) is 3.26. The number of hydrogen-bond acceptors (Lipinski definition) is 5. The first-order chi connectivity index (χ1) is 11.3. The summed E-state index contributed by atoms with van der Waals surface area (Å²) in [5.74, 6) is -0.0193. The van der Waals surface area contributed by atoms with Gasteiger partial charge in [0.05, 0.1) is 17.4 Å². The van der Waals surface area contributed by atoms with Crippen LogP contribution in [0.15, 0.2) is 36.1 Å². The van der Waals surface area contributed by atoms with Gasteiger partial charge in [-0.25, -0.2) is 9.97 Å². The van der Waals surface area contributed by atoms with Crippen molar-refractivity contribution in [1.29, 1.82) is 0 Å². The molecule has 4 rings (SSSR count). The van der Waals surface area contributed by atoms with Crippen LogP contribution < -0.4 is 10.2 Å². The van der Waals surface area contributed by atoms with Crippen LogP contribution in [-0.4, -0.2) is 40.0 Å². The van der Waals surface area contributed by atoms with Gasteiger partial charge in [0, 0.05) is 36.3 Å². The summed E-state index contributed by atoms with van der Waals surface area (Å²) in [5.41, 5.74) is 2.43. The van der Waals surface area contributed by atoms with Gasteiger partial charge in [0.25, 0.3) is 5.91 Å². The number of carbonyl (C=O) groups excluding carboxylic acids is 1. The molecular formula is C16H17N5OS. The van der Waals surface area contributed by atoms with Gasteiger partial charge in [0.2, 0.25) is 0 Å². The lowest BCUT2D eigenvalue weighted by Crippen LogP contribution is -2.44. The Morgan fingerprint density at radius 2 is 2.17 bits per heavy atom. The Morgan fingerprint density at radius 3 is 2.96 bits per heavy atom. The molecule has 6 nitrogen and oxygen atoms in total. The number of rotatable bonds is 3. The van der Waals surface area contributed by atoms with Gasteiger partial charge in [-0.1, -0.05) is 0 Å². The molecule has 2 N–H and O–H groups in total. The highest BCUT2D eigenvalue weighted by atomic mass is 32.1. The van der Waals surface area contributed by atoms with Crippen molar-refractivity contribution in [2.75, 3.05) is 18.0 Å². The molecule has 1 amide bonds. The number of aromatic amines is 1. The molecular weight excluding hydrogens is 310 g/mol. The zero-order valence-electron chi connectivity index (χ0n) is 12.5. The van der Waals surface area contributed by atoms with E-state index in [1.165, 1.54) is 0 Å². The molecule has 0 aliphatic carbocycles. The molecule has 1 aromatic carbocycles. The van der Waals surface area contributed by atoms with E-state index in [1.54, 1.807) is 17.7 Å². The molecule has 1 fully saturated rings. The molecule has 23 heavy (non-hydrogen) atoms. The number of nitrogens with zero attached hydrogens (tertiary/aromatic N) is 3. The van der Waals surface area contributed by atoms with Crippen LogP contribution in [0.5, 0.6) is 0 Å². The van der Waals surface area contributed by atoms with Gasteiger partial charge in [-0.15, -0.1) is 11.3 Å². The van der Waals surface area contributed by atoms with Crippen molar-refractivity contribution < 1.29 is 4.79 Å². The minimum absolute atomic E-state index is 0.0193. The third-order valence-electron chi connectivity index (χ3n) is 4.20. The van der Waals surface area contributed by atoms with Crippen LogP contribution in [0, 0.1) is 0 Å². The van der Waals surface area contributed by atoms with Crippen molar-refractivity contribution in [2.45, 2.75) is 18.9 Å². The van der Waals surface area contributed by atoms with Crippen LogP contribution in [0.2, 0.25) is 0 Å². The second-order valence-electron chi connectivity index (χ2n) is 5.68. The van der Waals surface area contributed by atoms with Gasteiger partial charge in [0.1, 0.15) is 0 Å². The molecule has 1 saturated heterocycles. The van der Waals surface area contributed by atoms with Gasteiger partial charge in [-0.05, 0) is 31.0 Å². The van der Waals surface area contributed by atoms with E-state index in [9.17, 15) is 4.79 Å². The molecule has 7 heteroatoms. The number of anilines is 1. The molecule has 0 saturated carbocycles. The van der Waals surface area contributed by atoms with E-state index in [-0.39, 0.29) is 11.9 Å². The van der Waals surface area contributed by atoms with E-state index in [1.807, 2.05) is 29.8 Å². The minimum atomic E-state index is -0.0193. The molecule has 1 aliphatic rings. The molecule has 2 aromatic heterocycles. The first-order valence-corrected chi connectivity index (χ1v) is 8.56. The summed E-state index contributed by atoms with van der Waals surface area (Å²) >= 11 is 1.66. The van der Waals surface area contributed by atoms with Gasteiger partial charge >= 0.3 is 0 Å². The van der Waals surface area contributed by atoms with Crippen LogP contribution in [0.25, 0.3) is 11.0 Å². The Hall–Kier alpha value is -2.41. The van der Waals surface area contributed by atoms with Crippen molar-refractivity contribution in [2.24, 2.45) is 0 Å². The Balaban J connectivity index is 1.37. The number of aromatic nitrogens is 3. The predicted octanol–water partition coefficient (Wildman–Crippen LogP) is 2.42. The number of H-pyrrole nitrogens is 1. The highest BCUT2D eigenvalue weighted by Gasteiger charge is 2.22. The average molecular weight is 327 g/mol. The van der Waals surface area contributed by atoms with E-state index in [0.29, 0.717) is 5.56 Å². The fourth-order valence-electron chi connectivity index (χ4n) is 2.93. The molecule has 3 aromatic rings. The lowest BCUT2D eigenvalue weighted by molar-refractivity contribution is 0.0931. The van der Waals surface area contributed by atoms with Crippen LogP contribution in [0.4, 0.5) is 5.13 Å². The van der Waals surface area contributed by atoms with E-state index in [0.717, 1.165) is 42.1 Å². The van der Waals surface area contributed by atoms with Gasteiger partial charge in [-0.3, -0.25) is 4.79 Å². The Kier molecular flexibility index (Phi) is 3.70. The molecule has 118 valence electrons. The third kappa shape index (κ3) is 2.92. The third-order valence-corrected chi connectivity index (χ3v) is 5.03. The number of imidazole rings is 1. The predicted molar refractivity (Wildman–Crippen MR) is 90.9 cm³/mol. The molecule has 0 radical (unpaired) electrons. The van der Waals surface area contributed by atoms with Crippen LogP contribution in [-0.2, 0) is 0 Å². The summed E-state index contributed by atoms with van der Waals surface area (Å²) < 4.78 is 0. The number of fused-ring (bicyclic) bond motifs is 1. The standard InChI is InChI=1S/C16H17N5OS/c22-15(11-1-2-13-14(9-11)19-10-18-13)20-12-3-6-21(7-4-12)16-17-5-8-23-16/h1-2,5,8-10,12H,3-4,6-7H2,(H,18,19)(H,20,22). The Morgan fingerprint density at radius 1 is 1.30 bits per heavy atom. The van der Waals surface area contributed by atoms with Crippen molar-refractivity contribution in [1.82, 2.24) is 20.3 Å². The number of nitrogens with one attached hydrogen (secondary N) is 2. The number of hydrogen-bond donors (Lipinski definition) is 2. The van der Waals surface area contributed by atoms with Crippen LogP contribution in [0.1, 0.15) is 23.2 Å². The van der Waals surface area contributed by atoms with Gasteiger partial charge in [0.15, 0.2) is 5.13 Å². The Labute approximate surface area is 137 Å². The highest BCUT2D eigenvalue weighted by molar-refractivity contribution is 7.13. The van der Waals surface area contributed by atoms with Crippen molar-refractivity contribution >= 4 is 33.4 Å². The van der Waals surface area contributed by atoms with Crippen molar-refractivity contribution in [3.63, 3.8) is 0 Å². The number of thiazole rings is 1. The lowest BCUT2D eigenvalue weighted by atomic mass is 10.0. The summed E-state index contributed by atoms with van der Waals surface area (Å²) in [7, 11) is 0. The second kappa shape index (κ2) is 6.00. The van der Waals surface area contributed by atoms with Crippen molar-refractivity contribution in [3.05, 3.63) is 41.7 Å². The van der Waals surface area contributed by atoms with E-state index >= 15 is 0 Å². The maximum Gasteiger partial charge on any atom is 0.251 e. The summed E-state index contributed by atoms with van der Waals surface area (Å²) in [5, 5.41) is 6.20. The monoisotopic (exact) mass is 327 g/mol. The van der Waals surface area contributed by atoms with Gasteiger partial charge in [-0.2, -0.15) is 0 Å². The normalized spacial score (nSPS) is 15.9. The van der Waals surface area contributed by atoms with E-state index < -0.39 is 0 Å². The summed E-state index contributed by atoms with van der Waals surface area (Å²) in [4.78, 5) is 26.3. The summed E-state index contributed by atoms with van der Waals surface area (Å²) in [6, 6.07) is 5.76. The number of carbonyl (C=O) groups is 1. The first-order valence-electron chi connectivity index (χ1n) is 7.68. The molecule has 0 unspecified atom stereocenters. The van der Waals surface area contributed by atoms with Crippen molar-refractivity contribution in [3.8, 4) is 0 Å². The number of piperidine rings is 1. The lowest BCUT2D eigenvalue weighted by Gasteiger charge is -2.32. The zero-order valence-corrected chi connectivity index (χ0v) is 13.3. The van der Waals surface area contributed by atoms with E-state index in [2.05, 4.69) is 25.2 Å². The number of benzene rings is 1. The minimum Gasteiger partial charge on any atom is -0.349 e. The summed E-state index contributed by atoms with van der Waals surface area (Å²) in [6.45, 7) is 1.86. The second-order valence-corrected chi connectivity index (χ2v) is 6.56. The SMILES string of the molecule is O=C(NC1CCN(c2nccs2)CC1)c1ccc2nc[nH]c2c1. The maximum atomic E-state index is 12.4. The summed E-state index contributed by atoms with van der Waals surface area (Å²) in [6.07, 6.45) is 5.36. The largest absolute Gasteiger partial charge is 0.349 e. The molecule has 0 bridgehead atoms. The zero-order chi connectivity index (χ0) is 15.6. The fraction of sp³-hybridized carbons (Fsp3) is 0.312. The number of amides is 1. The fourth-order valence-corrected chi connectivity index (χ4v) is 3.63. The quantitative estimate of drug-likeness (QED) is 0.775. The van der Waals surface area contributed by atoms with Gasteiger partial charge < -0.3 is 15.2 Å². The van der Waals surface area contributed by atoms with Crippen LogP contribution >= 0.6 is 11.3 Å².